The summed E-state index contributed by atoms with van der Waals surface area (Å²) in [5, 5.41) is 9.62. The Hall–Kier alpha value is -8.70. The molecule has 0 unspecified atom stereocenters. The summed E-state index contributed by atoms with van der Waals surface area (Å²) in [6.45, 7) is 0. The first-order chi connectivity index (χ1) is 33.7. The highest BCUT2D eigenvalue weighted by Crippen LogP contribution is 2.49. The molecule has 0 saturated heterocycles. The standard InChI is InChI=1S/C64H40N2OS/c1-2-16-42-37-45(32-31-41(42)15-1)43-17-13-19-47(38-43)65(48-20-14-18-44(39-48)46-33-36-62-55(40-46)52-24-7-12-30-61(52)68-62)59-35-34-53(64-63(59)54-25-6-11-29-60(54)67-64)51-23-5-10-28-58(51)66-56-26-8-3-21-49(56)50-22-4-9-27-57(50)66/h1-40H. The number of nitrogens with zero attached hydrogens (tertiary/aromatic N) is 2. The van der Waals surface area contributed by atoms with Crippen LogP contribution in [0.15, 0.2) is 247 Å². The van der Waals surface area contributed by atoms with E-state index in [1.165, 1.54) is 63.9 Å². The number of benzene rings is 11. The van der Waals surface area contributed by atoms with Crippen molar-refractivity contribution in [1.29, 1.82) is 0 Å². The minimum absolute atomic E-state index is 0.846. The number of hydrogen-bond acceptors (Lipinski definition) is 3. The number of thiophene rings is 1. The van der Waals surface area contributed by atoms with Crippen molar-refractivity contribution in [2.24, 2.45) is 0 Å². The molecule has 14 aromatic rings. The second kappa shape index (κ2) is 15.5. The topological polar surface area (TPSA) is 21.3 Å². The third-order valence-corrected chi connectivity index (χ3v) is 14.9. The second-order valence-corrected chi connectivity index (χ2v) is 18.7. The molecule has 68 heavy (non-hydrogen) atoms. The molecule has 0 fully saturated rings. The van der Waals surface area contributed by atoms with Crippen molar-refractivity contribution >= 4 is 103 Å². The molecule has 0 amide bonds. The highest BCUT2D eigenvalue weighted by Gasteiger charge is 2.25. The lowest BCUT2D eigenvalue weighted by atomic mass is 9.97. The summed E-state index contributed by atoms with van der Waals surface area (Å²) in [6.07, 6.45) is 0. The summed E-state index contributed by atoms with van der Waals surface area (Å²) in [4.78, 5) is 2.43. The third kappa shape index (κ3) is 6.12. The predicted octanol–water partition coefficient (Wildman–Crippen LogP) is 18.7. The van der Waals surface area contributed by atoms with Crippen LogP contribution in [0.4, 0.5) is 17.1 Å². The maximum absolute atomic E-state index is 7.11. The van der Waals surface area contributed by atoms with Crippen molar-refractivity contribution in [3.05, 3.63) is 243 Å². The molecule has 318 valence electrons. The van der Waals surface area contributed by atoms with Gasteiger partial charge in [0.2, 0.25) is 0 Å². The monoisotopic (exact) mass is 884 g/mol. The molecule has 4 heteroatoms. The molecule has 3 aromatic heterocycles. The summed E-state index contributed by atoms with van der Waals surface area (Å²) in [5.74, 6) is 0. The minimum Gasteiger partial charge on any atom is -0.455 e. The van der Waals surface area contributed by atoms with Crippen molar-refractivity contribution < 1.29 is 4.42 Å². The van der Waals surface area contributed by atoms with Gasteiger partial charge in [0, 0.05) is 58.8 Å². The Kier molecular flexibility index (Phi) is 8.76. The molecule has 0 N–H and O–H groups in total. The Morgan fingerprint density at radius 3 is 1.74 bits per heavy atom. The van der Waals surface area contributed by atoms with Crippen LogP contribution in [0.5, 0.6) is 0 Å². The Labute approximate surface area is 396 Å². The highest BCUT2D eigenvalue weighted by molar-refractivity contribution is 7.25. The van der Waals surface area contributed by atoms with E-state index < -0.39 is 0 Å². The lowest BCUT2D eigenvalue weighted by molar-refractivity contribution is 0.670. The molecule has 14 rings (SSSR count). The number of fused-ring (bicyclic) bond motifs is 10. The van der Waals surface area contributed by atoms with E-state index in [-0.39, 0.29) is 0 Å². The molecule has 0 aliphatic rings. The Balaban J connectivity index is 1.00. The highest BCUT2D eigenvalue weighted by atomic mass is 32.1. The van der Waals surface area contributed by atoms with Gasteiger partial charge in [0.15, 0.2) is 0 Å². The Bertz CT molecular complexity index is 4250. The van der Waals surface area contributed by atoms with E-state index in [4.69, 9.17) is 4.42 Å². The van der Waals surface area contributed by atoms with Crippen LogP contribution in [0.1, 0.15) is 0 Å². The zero-order chi connectivity index (χ0) is 44.7. The number of furan rings is 1. The lowest BCUT2D eigenvalue weighted by Crippen LogP contribution is -2.11. The zero-order valence-electron chi connectivity index (χ0n) is 36.8. The molecule has 0 radical (unpaired) electrons. The van der Waals surface area contributed by atoms with Crippen LogP contribution in [0.25, 0.3) is 114 Å². The van der Waals surface area contributed by atoms with E-state index in [1.54, 1.807) is 0 Å². The molecule has 0 spiro atoms. The van der Waals surface area contributed by atoms with Crippen LogP contribution in [-0.2, 0) is 0 Å². The van der Waals surface area contributed by atoms with Crippen LogP contribution in [-0.4, -0.2) is 4.57 Å². The van der Waals surface area contributed by atoms with Gasteiger partial charge >= 0.3 is 0 Å². The average molecular weight is 885 g/mol. The molecular weight excluding hydrogens is 845 g/mol. The van der Waals surface area contributed by atoms with E-state index in [0.29, 0.717) is 0 Å². The fraction of sp³-hybridized carbons (Fsp3) is 0. The first-order valence-corrected chi connectivity index (χ1v) is 24.0. The zero-order valence-corrected chi connectivity index (χ0v) is 37.6. The van der Waals surface area contributed by atoms with Gasteiger partial charge < -0.3 is 13.9 Å². The van der Waals surface area contributed by atoms with Crippen LogP contribution in [0.2, 0.25) is 0 Å². The first kappa shape index (κ1) is 38.6. The lowest BCUT2D eigenvalue weighted by Gasteiger charge is -2.28. The van der Waals surface area contributed by atoms with Crippen LogP contribution < -0.4 is 4.90 Å². The molecule has 0 aliphatic heterocycles. The largest absolute Gasteiger partial charge is 0.455 e. The second-order valence-electron chi connectivity index (χ2n) is 17.6. The van der Waals surface area contributed by atoms with Crippen molar-refractivity contribution in [2.75, 3.05) is 4.90 Å². The van der Waals surface area contributed by atoms with Crippen molar-refractivity contribution in [3.63, 3.8) is 0 Å². The van der Waals surface area contributed by atoms with Gasteiger partial charge in [-0.1, -0.05) is 158 Å². The maximum Gasteiger partial charge on any atom is 0.145 e. The number of anilines is 3. The summed E-state index contributed by atoms with van der Waals surface area (Å²) < 4.78 is 12.1. The SMILES string of the molecule is c1cc(-c2ccc3ccccc3c2)cc(N(c2cccc(-c3ccc4sc5ccccc5c4c3)c2)c2ccc(-c3ccccc3-n3c4ccccc4c4ccccc43)c3oc4ccccc4c23)c1. The predicted molar refractivity (Wildman–Crippen MR) is 289 cm³/mol. The minimum atomic E-state index is 0.846. The molecule has 3 nitrogen and oxygen atoms in total. The van der Waals surface area contributed by atoms with E-state index in [1.807, 2.05) is 11.3 Å². The van der Waals surface area contributed by atoms with Gasteiger partial charge in [0.25, 0.3) is 0 Å². The van der Waals surface area contributed by atoms with Gasteiger partial charge in [-0.3, -0.25) is 0 Å². The molecule has 11 aromatic carbocycles. The van der Waals surface area contributed by atoms with Gasteiger partial charge in [-0.05, 0) is 118 Å². The van der Waals surface area contributed by atoms with Gasteiger partial charge in [-0.25, -0.2) is 0 Å². The Morgan fingerprint density at radius 2 is 0.956 bits per heavy atom. The van der Waals surface area contributed by atoms with Gasteiger partial charge in [-0.2, -0.15) is 0 Å². The summed E-state index contributed by atoms with van der Waals surface area (Å²) in [5.41, 5.74) is 15.1. The fourth-order valence-electron chi connectivity index (χ4n) is 10.6. The number of rotatable bonds is 7. The number of para-hydroxylation sites is 4. The van der Waals surface area contributed by atoms with Crippen LogP contribution in [0, 0.1) is 0 Å². The smallest absolute Gasteiger partial charge is 0.145 e. The normalized spacial score (nSPS) is 11.8. The van der Waals surface area contributed by atoms with Crippen LogP contribution in [0.3, 0.4) is 0 Å². The van der Waals surface area contributed by atoms with E-state index in [2.05, 4.69) is 252 Å². The number of hydrogen-bond donors (Lipinski definition) is 0. The molecular formula is C64H40N2OS. The van der Waals surface area contributed by atoms with Crippen molar-refractivity contribution in [1.82, 2.24) is 4.57 Å². The van der Waals surface area contributed by atoms with Crippen molar-refractivity contribution in [3.8, 4) is 39.1 Å². The van der Waals surface area contributed by atoms with E-state index in [9.17, 15) is 0 Å². The van der Waals surface area contributed by atoms with Gasteiger partial charge in [0.1, 0.15) is 11.2 Å². The third-order valence-electron chi connectivity index (χ3n) is 13.8. The first-order valence-electron chi connectivity index (χ1n) is 23.2. The van der Waals surface area contributed by atoms with Crippen molar-refractivity contribution in [2.45, 2.75) is 0 Å². The molecule has 0 saturated carbocycles. The molecule has 0 bridgehead atoms. The van der Waals surface area contributed by atoms with E-state index >= 15 is 0 Å². The fourth-order valence-corrected chi connectivity index (χ4v) is 11.7. The van der Waals surface area contributed by atoms with Crippen LogP contribution >= 0.6 is 11.3 Å². The molecule has 0 aliphatic carbocycles. The maximum atomic E-state index is 7.11. The molecule has 0 atom stereocenters. The summed E-state index contributed by atoms with van der Waals surface area (Å²) in [7, 11) is 0. The number of aromatic nitrogens is 1. The van der Waals surface area contributed by atoms with Gasteiger partial charge in [-0.15, -0.1) is 11.3 Å². The summed E-state index contributed by atoms with van der Waals surface area (Å²) >= 11 is 1.85. The Morgan fingerprint density at radius 1 is 0.368 bits per heavy atom. The average Bonchev–Trinajstić information content (AvgIpc) is 4.09. The summed E-state index contributed by atoms with van der Waals surface area (Å²) in [6, 6.07) is 88.2. The van der Waals surface area contributed by atoms with E-state index in [0.717, 1.165) is 66.9 Å². The molecule has 3 heterocycles. The van der Waals surface area contributed by atoms with Gasteiger partial charge in [0.05, 0.1) is 27.8 Å². The quantitative estimate of drug-likeness (QED) is 0.159.